The Bertz CT molecular complexity index is 285. The van der Waals surface area contributed by atoms with Gasteiger partial charge in [0, 0.05) is 18.8 Å². The Balaban J connectivity index is 0. The summed E-state index contributed by atoms with van der Waals surface area (Å²) >= 11 is 0. The lowest BCUT2D eigenvalue weighted by Gasteiger charge is -1.89. The van der Waals surface area contributed by atoms with E-state index in [4.69, 9.17) is 4.74 Å². The molecule has 0 N–H and O–H groups in total. The van der Waals surface area contributed by atoms with Gasteiger partial charge in [0.1, 0.15) is 6.29 Å². The van der Waals surface area contributed by atoms with Crippen LogP contribution in [0.4, 0.5) is 0 Å². The van der Waals surface area contributed by atoms with Gasteiger partial charge in [-0.3, -0.25) is 4.79 Å². The van der Waals surface area contributed by atoms with Gasteiger partial charge >= 0.3 is 0 Å². The summed E-state index contributed by atoms with van der Waals surface area (Å²) in [6.45, 7) is 14.2. The molecule has 0 aromatic heterocycles. The molecule has 1 aliphatic heterocycles. The Morgan fingerprint density at radius 3 is 1.89 bits per heavy atom. The first-order valence-corrected chi connectivity index (χ1v) is 7.32. The molecular formula is C17H30O2. The quantitative estimate of drug-likeness (QED) is 0.676. The van der Waals surface area contributed by atoms with Crippen molar-refractivity contribution in [1.82, 2.24) is 0 Å². The molecule has 0 saturated carbocycles. The van der Waals surface area contributed by atoms with Crippen LogP contribution in [0.25, 0.3) is 0 Å². The normalized spacial score (nSPS) is 15.8. The van der Waals surface area contributed by atoms with Crippen molar-refractivity contribution in [1.29, 1.82) is 0 Å². The van der Waals surface area contributed by atoms with E-state index < -0.39 is 0 Å². The monoisotopic (exact) mass is 266 g/mol. The molecule has 110 valence electrons. The number of benzene rings is 1. The Labute approximate surface area is 119 Å². The topological polar surface area (TPSA) is 26.3 Å². The van der Waals surface area contributed by atoms with Gasteiger partial charge in [-0.2, -0.15) is 0 Å². The van der Waals surface area contributed by atoms with Crippen LogP contribution in [0.3, 0.4) is 0 Å². The van der Waals surface area contributed by atoms with Crippen LogP contribution in [0.1, 0.15) is 57.0 Å². The zero-order valence-corrected chi connectivity index (χ0v) is 13.4. The summed E-state index contributed by atoms with van der Waals surface area (Å²) in [6.07, 6.45) is 2.11. The number of aryl methyl sites for hydroxylation is 1. The molecule has 0 aliphatic carbocycles. The maximum atomic E-state index is 10.1. The van der Waals surface area contributed by atoms with Crippen molar-refractivity contribution >= 4 is 6.29 Å². The molecule has 1 fully saturated rings. The molecule has 1 aromatic carbocycles. The maximum Gasteiger partial charge on any atom is 0.150 e. The van der Waals surface area contributed by atoms with E-state index in [1.165, 1.54) is 12.0 Å². The van der Waals surface area contributed by atoms with E-state index in [2.05, 4.69) is 6.92 Å². The van der Waals surface area contributed by atoms with Crippen molar-refractivity contribution in [2.45, 2.75) is 48.0 Å². The fourth-order valence-corrected chi connectivity index (χ4v) is 1.30. The van der Waals surface area contributed by atoms with Crippen LogP contribution in [-0.4, -0.2) is 19.5 Å². The highest BCUT2D eigenvalue weighted by atomic mass is 16.5. The molecule has 0 bridgehead atoms. The molecule has 0 amide bonds. The summed E-state index contributed by atoms with van der Waals surface area (Å²) in [6, 6.07) is 7.46. The van der Waals surface area contributed by atoms with Crippen molar-refractivity contribution in [3.05, 3.63) is 35.4 Å². The highest BCUT2D eigenvalue weighted by Crippen LogP contribution is 2.09. The maximum absolute atomic E-state index is 10.1. The number of rotatable bonds is 1. The second-order valence-corrected chi connectivity index (χ2v) is 4.00. The van der Waals surface area contributed by atoms with Crippen molar-refractivity contribution in [2.75, 3.05) is 13.2 Å². The molecule has 1 aromatic rings. The van der Waals surface area contributed by atoms with Crippen molar-refractivity contribution in [3.63, 3.8) is 0 Å². The van der Waals surface area contributed by atoms with Gasteiger partial charge < -0.3 is 4.74 Å². The molecule has 19 heavy (non-hydrogen) atoms. The number of hydrogen-bond acceptors (Lipinski definition) is 2. The molecule has 0 spiro atoms. The Morgan fingerprint density at radius 1 is 1.11 bits per heavy atom. The Hall–Kier alpha value is -1.15. The van der Waals surface area contributed by atoms with E-state index in [0.29, 0.717) is 0 Å². The van der Waals surface area contributed by atoms with E-state index in [9.17, 15) is 4.79 Å². The largest absolute Gasteiger partial charge is 0.381 e. The second-order valence-electron chi connectivity index (χ2n) is 4.00. The summed E-state index contributed by atoms with van der Waals surface area (Å²) in [5, 5.41) is 0. The number of aldehydes is 1. The van der Waals surface area contributed by atoms with Crippen LogP contribution in [0.15, 0.2) is 24.3 Å². The standard InChI is InChI=1S/C8H8O.C5H10O.2C2H6/c1-7-2-4-8(6-9)5-3-7;1-5-2-3-6-4-5;2*1-2/h2-6H,1H3;5H,2-4H2,1H3;2*1-2H3. The summed E-state index contributed by atoms with van der Waals surface area (Å²) < 4.78 is 5.06. The van der Waals surface area contributed by atoms with Crippen LogP contribution < -0.4 is 0 Å². The lowest BCUT2D eigenvalue weighted by atomic mass is 10.2. The zero-order valence-electron chi connectivity index (χ0n) is 13.4. The molecule has 2 rings (SSSR count). The van der Waals surface area contributed by atoms with E-state index in [1.807, 2.05) is 58.9 Å². The third-order valence-electron chi connectivity index (χ3n) is 2.37. The molecule has 2 nitrogen and oxygen atoms in total. The Morgan fingerprint density at radius 2 is 1.63 bits per heavy atom. The fraction of sp³-hybridized carbons (Fsp3) is 0.588. The first-order valence-electron chi connectivity index (χ1n) is 7.32. The summed E-state index contributed by atoms with van der Waals surface area (Å²) in [5.74, 6) is 0.824. The number of hydrogen-bond donors (Lipinski definition) is 0. The molecule has 0 radical (unpaired) electrons. The second kappa shape index (κ2) is 14.9. The minimum atomic E-state index is 0.737. The van der Waals surface area contributed by atoms with Gasteiger partial charge in [0.05, 0.1) is 0 Å². The SMILES string of the molecule is CC.CC.CC1CCOC1.Cc1ccc(C=O)cc1. The first-order chi connectivity index (χ1) is 9.22. The Kier molecular flexibility index (Phi) is 15.8. The smallest absolute Gasteiger partial charge is 0.150 e. The lowest BCUT2D eigenvalue weighted by molar-refractivity contribution is 0.112. The van der Waals surface area contributed by atoms with Crippen LogP contribution >= 0.6 is 0 Å². The molecule has 1 aliphatic rings. The fourth-order valence-electron chi connectivity index (χ4n) is 1.30. The molecule has 1 unspecified atom stereocenters. The van der Waals surface area contributed by atoms with Gasteiger partial charge in [0.15, 0.2) is 0 Å². The third-order valence-corrected chi connectivity index (χ3v) is 2.37. The van der Waals surface area contributed by atoms with Gasteiger partial charge in [-0.25, -0.2) is 0 Å². The highest BCUT2D eigenvalue weighted by molar-refractivity contribution is 5.74. The van der Waals surface area contributed by atoms with E-state index in [1.54, 1.807) is 0 Å². The van der Waals surface area contributed by atoms with Gasteiger partial charge in [-0.15, -0.1) is 0 Å². The van der Waals surface area contributed by atoms with E-state index in [0.717, 1.165) is 31.0 Å². The zero-order chi connectivity index (χ0) is 15.1. The molecule has 1 saturated heterocycles. The molecule has 1 atom stereocenters. The molecule has 2 heteroatoms. The van der Waals surface area contributed by atoms with Crippen LogP contribution in [0.2, 0.25) is 0 Å². The van der Waals surface area contributed by atoms with Crippen molar-refractivity contribution in [3.8, 4) is 0 Å². The van der Waals surface area contributed by atoms with E-state index in [-0.39, 0.29) is 0 Å². The minimum absolute atomic E-state index is 0.737. The summed E-state index contributed by atoms with van der Waals surface area (Å²) in [4.78, 5) is 10.1. The predicted octanol–water partition coefficient (Wildman–Crippen LogP) is 4.90. The highest BCUT2D eigenvalue weighted by Gasteiger charge is 2.07. The first kappa shape index (κ1) is 20.2. The average Bonchev–Trinajstić information content (AvgIpc) is 2.96. The predicted molar refractivity (Wildman–Crippen MR) is 83.9 cm³/mol. The van der Waals surface area contributed by atoms with Crippen LogP contribution in [0, 0.1) is 12.8 Å². The van der Waals surface area contributed by atoms with Gasteiger partial charge in [-0.05, 0) is 19.3 Å². The van der Waals surface area contributed by atoms with Gasteiger partial charge in [-0.1, -0.05) is 64.4 Å². The van der Waals surface area contributed by atoms with Crippen molar-refractivity contribution < 1.29 is 9.53 Å². The van der Waals surface area contributed by atoms with Crippen LogP contribution in [-0.2, 0) is 4.74 Å². The van der Waals surface area contributed by atoms with Crippen molar-refractivity contribution in [2.24, 2.45) is 5.92 Å². The number of carbonyl (C=O) groups is 1. The number of ether oxygens (including phenoxy) is 1. The molecular weight excluding hydrogens is 236 g/mol. The summed E-state index contributed by atoms with van der Waals surface area (Å²) in [5.41, 5.74) is 1.92. The third kappa shape index (κ3) is 11.7. The average molecular weight is 266 g/mol. The van der Waals surface area contributed by atoms with E-state index >= 15 is 0 Å². The van der Waals surface area contributed by atoms with Crippen LogP contribution in [0.5, 0.6) is 0 Å². The summed E-state index contributed by atoms with van der Waals surface area (Å²) in [7, 11) is 0. The molecule has 1 heterocycles. The van der Waals surface area contributed by atoms with Gasteiger partial charge in [0.2, 0.25) is 0 Å². The lowest BCUT2D eigenvalue weighted by Crippen LogP contribution is -1.88. The van der Waals surface area contributed by atoms with Gasteiger partial charge in [0.25, 0.3) is 0 Å². The number of carbonyl (C=O) groups excluding carboxylic acids is 1. The minimum Gasteiger partial charge on any atom is -0.381 e.